The standard InChI is InChI=1S/C14H16N2O3/c1-18-12-4-3-5-13(19-2)14(12)10-6-9(7-15)11(17)8-16-10/h3-6,8,17H,7,15H2,1-2H3. The van der Waals surface area contributed by atoms with Crippen LogP contribution in [0.25, 0.3) is 11.3 Å². The van der Waals surface area contributed by atoms with Gasteiger partial charge in [-0.1, -0.05) is 6.07 Å². The van der Waals surface area contributed by atoms with Crippen molar-refractivity contribution in [3.05, 3.63) is 36.0 Å². The van der Waals surface area contributed by atoms with Crippen LogP contribution in [-0.4, -0.2) is 24.3 Å². The van der Waals surface area contributed by atoms with Gasteiger partial charge in [-0.25, -0.2) is 0 Å². The van der Waals surface area contributed by atoms with Crippen molar-refractivity contribution in [1.29, 1.82) is 0 Å². The van der Waals surface area contributed by atoms with Gasteiger partial charge in [0.05, 0.1) is 31.7 Å². The molecule has 0 saturated heterocycles. The van der Waals surface area contributed by atoms with Gasteiger partial charge in [0.2, 0.25) is 0 Å². The molecular formula is C14H16N2O3. The van der Waals surface area contributed by atoms with Crippen LogP contribution in [0, 0.1) is 0 Å². The largest absolute Gasteiger partial charge is 0.506 e. The van der Waals surface area contributed by atoms with Crippen molar-refractivity contribution in [1.82, 2.24) is 4.98 Å². The van der Waals surface area contributed by atoms with Crippen LogP contribution >= 0.6 is 0 Å². The smallest absolute Gasteiger partial charge is 0.138 e. The summed E-state index contributed by atoms with van der Waals surface area (Å²) in [4.78, 5) is 4.21. The summed E-state index contributed by atoms with van der Waals surface area (Å²) in [5.74, 6) is 1.39. The topological polar surface area (TPSA) is 77.6 Å². The third-order valence-electron chi connectivity index (χ3n) is 2.87. The highest BCUT2D eigenvalue weighted by atomic mass is 16.5. The molecule has 0 unspecified atom stereocenters. The Bertz CT molecular complexity index is 563. The monoisotopic (exact) mass is 260 g/mol. The molecule has 1 heterocycles. The van der Waals surface area contributed by atoms with Crippen molar-refractivity contribution < 1.29 is 14.6 Å². The van der Waals surface area contributed by atoms with E-state index >= 15 is 0 Å². The second-order valence-corrected chi connectivity index (χ2v) is 3.94. The van der Waals surface area contributed by atoms with E-state index in [1.165, 1.54) is 6.20 Å². The number of hydrogen-bond donors (Lipinski definition) is 2. The Labute approximate surface area is 111 Å². The van der Waals surface area contributed by atoms with E-state index in [4.69, 9.17) is 15.2 Å². The maximum absolute atomic E-state index is 9.63. The van der Waals surface area contributed by atoms with E-state index in [1.807, 2.05) is 18.2 Å². The number of methoxy groups -OCH3 is 2. The summed E-state index contributed by atoms with van der Waals surface area (Å²) in [5, 5.41) is 9.63. The van der Waals surface area contributed by atoms with Gasteiger partial charge in [-0.3, -0.25) is 4.98 Å². The predicted molar refractivity (Wildman–Crippen MR) is 72.3 cm³/mol. The van der Waals surface area contributed by atoms with E-state index in [9.17, 15) is 5.11 Å². The number of aromatic hydroxyl groups is 1. The van der Waals surface area contributed by atoms with Crippen molar-refractivity contribution in [3.8, 4) is 28.5 Å². The van der Waals surface area contributed by atoms with Crippen LogP contribution in [0.4, 0.5) is 0 Å². The Morgan fingerprint density at radius 3 is 2.37 bits per heavy atom. The molecule has 19 heavy (non-hydrogen) atoms. The third kappa shape index (κ3) is 2.46. The highest BCUT2D eigenvalue weighted by molar-refractivity contribution is 5.75. The second-order valence-electron chi connectivity index (χ2n) is 3.94. The van der Waals surface area contributed by atoms with Crippen LogP contribution in [0.1, 0.15) is 5.56 Å². The van der Waals surface area contributed by atoms with Gasteiger partial charge in [0.25, 0.3) is 0 Å². The van der Waals surface area contributed by atoms with Gasteiger partial charge < -0.3 is 20.3 Å². The predicted octanol–water partition coefficient (Wildman–Crippen LogP) is 1.93. The molecule has 100 valence electrons. The van der Waals surface area contributed by atoms with E-state index in [-0.39, 0.29) is 12.3 Å². The van der Waals surface area contributed by atoms with E-state index in [2.05, 4.69) is 4.98 Å². The SMILES string of the molecule is COc1cccc(OC)c1-c1cc(CN)c(O)cn1. The van der Waals surface area contributed by atoms with Gasteiger partial charge in [-0.05, 0) is 18.2 Å². The minimum Gasteiger partial charge on any atom is -0.506 e. The molecule has 1 aromatic heterocycles. The summed E-state index contributed by atoms with van der Waals surface area (Å²) in [7, 11) is 3.17. The minimum atomic E-state index is 0.0834. The molecule has 0 radical (unpaired) electrons. The molecule has 5 heteroatoms. The molecule has 0 saturated carbocycles. The maximum atomic E-state index is 9.63. The van der Waals surface area contributed by atoms with Crippen molar-refractivity contribution in [2.45, 2.75) is 6.54 Å². The lowest BCUT2D eigenvalue weighted by molar-refractivity contribution is 0.397. The number of rotatable bonds is 4. The molecule has 0 aliphatic rings. The molecule has 0 atom stereocenters. The first-order chi connectivity index (χ1) is 9.21. The van der Waals surface area contributed by atoms with Crippen LogP contribution < -0.4 is 15.2 Å². The Morgan fingerprint density at radius 1 is 1.21 bits per heavy atom. The number of nitrogens with two attached hydrogens (primary N) is 1. The molecule has 0 bridgehead atoms. The Hall–Kier alpha value is -2.27. The summed E-state index contributed by atoms with van der Waals surface area (Å²) in [6.45, 7) is 0.235. The molecule has 5 nitrogen and oxygen atoms in total. The molecule has 0 fully saturated rings. The third-order valence-corrected chi connectivity index (χ3v) is 2.87. The summed E-state index contributed by atoms with van der Waals surface area (Å²) in [5.41, 5.74) is 7.60. The first-order valence-electron chi connectivity index (χ1n) is 5.80. The summed E-state index contributed by atoms with van der Waals surface area (Å²) >= 11 is 0. The fraction of sp³-hybridized carbons (Fsp3) is 0.214. The number of hydrogen-bond acceptors (Lipinski definition) is 5. The van der Waals surface area contributed by atoms with E-state index < -0.39 is 0 Å². The first-order valence-corrected chi connectivity index (χ1v) is 5.80. The van der Waals surface area contributed by atoms with Gasteiger partial charge >= 0.3 is 0 Å². The number of aromatic nitrogens is 1. The highest BCUT2D eigenvalue weighted by Crippen LogP contribution is 2.38. The average molecular weight is 260 g/mol. The molecule has 1 aromatic carbocycles. The highest BCUT2D eigenvalue weighted by Gasteiger charge is 2.14. The van der Waals surface area contributed by atoms with Crippen LogP contribution in [0.2, 0.25) is 0 Å². The second kappa shape index (κ2) is 5.58. The fourth-order valence-corrected chi connectivity index (χ4v) is 1.89. The minimum absolute atomic E-state index is 0.0834. The quantitative estimate of drug-likeness (QED) is 0.878. The van der Waals surface area contributed by atoms with Gasteiger partial charge in [-0.15, -0.1) is 0 Å². The zero-order valence-electron chi connectivity index (χ0n) is 10.9. The lowest BCUT2D eigenvalue weighted by Crippen LogP contribution is -2.00. The summed E-state index contributed by atoms with van der Waals surface area (Å²) in [6.07, 6.45) is 1.38. The van der Waals surface area contributed by atoms with Crippen LogP contribution in [-0.2, 0) is 6.54 Å². The number of benzene rings is 1. The van der Waals surface area contributed by atoms with E-state index in [0.717, 1.165) is 5.56 Å². The summed E-state index contributed by atoms with van der Waals surface area (Å²) in [6, 6.07) is 7.23. The van der Waals surface area contributed by atoms with Gasteiger partial charge in [0.15, 0.2) is 0 Å². The fourth-order valence-electron chi connectivity index (χ4n) is 1.89. The first kappa shape index (κ1) is 13.2. The Kier molecular flexibility index (Phi) is 3.87. The zero-order valence-corrected chi connectivity index (χ0v) is 10.9. The molecule has 0 amide bonds. The van der Waals surface area contributed by atoms with Crippen molar-refractivity contribution in [3.63, 3.8) is 0 Å². The molecule has 2 rings (SSSR count). The lowest BCUT2D eigenvalue weighted by Gasteiger charge is -2.13. The summed E-state index contributed by atoms with van der Waals surface area (Å²) < 4.78 is 10.7. The van der Waals surface area contributed by atoms with Gasteiger partial charge in [0.1, 0.15) is 17.2 Å². The Morgan fingerprint density at radius 2 is 1.84 bits per heavy atom. The maximum Gasteiger partial charge on any atom is 0.138 e. The molecular weight excluding hydrogens is 244 g/mol. The van der Waals surface area contributed by atoms with Gasteiger partial charge in [-0.2, -0.15) is 0 Å². The van der Waals surface area contributed by atoms with E-state index in [0.29, 0.717) is 22.8 Å². The number of pyridine rings is 1. The van der Waals surface area contributed by atoms with Crippen LogP contribution in [0.15, 0.2) is 30.5 Å². The molecule has 0 spiro atoms. The van der Waals surface area contributed by atoms with Gasteiger partial charge in [0, 0.05) is 12.1 Å². The normalized spacial score (nSPS) is 10.3. The van der Waals surface area contributed by atoms with Crippen LogP contribution in [0.5, 0.6) is 17.2 Å². The molecule has 3 N–H and O–H groups in total. The number of ether oxygens (including phenoxy) is 2. The van der Waals surface area contributed by atoms with Crippen molar-refractivity contribution >= 4 is 0 Å². The lowest BCUT2D eigenvalue weighted by atomic mass is 10.1. The Balaban J connectivity index is 2.63. The van der Waals surface area contributed by atoms with Crippen molar-refractivity contribution in [2.75, 3.05) is 14.2 Å². The van der Waals surface area contributed by atoms with Crippen LogP contribution in [0.3, 0.4) is 0 Å². The molecule has 0 aliphatic carbocycles. The van der Waals surface area contributed by atoms with E-state index in [1.54, 1.807) is 20.3 Å². The zero-order chi connectivity index (χ0) is 13.8. The molecule has 2 aromatic rings. The van der Waals surface area contributed by atoms with Crippen molar-refractivity contribution in [2.24, 2.45) is 5.73 Å². The number of nitrogens with zero attached hydrogens (tertiary/aromatic N) is 1. The average Bonchev–Trinajstić information content (AvgIpc) is 2.47. The molecule has 0 aliphatic heterocycles.